The van der Waals surface area contributed by atoms with Crippen LogP contribution in [0.2, 0.25) is 0 Å². The fourth-order valence-electron chi connectivity index (χ4n) is 1.67. The smallest absolute Gasteiger partial charge is 0.0297 e. The highest BCUT2D eigenvalue weighted by atomic mass is 14.2. The predicted molar refractivity (Wildman–Crippen MR) is 57.2 cm³/mol. The molecule has 0 nitrogen and oxygen atoms in total. The van der Waals surface area contributed by atoms with Crippen molar-refractivity contribution in [3.8, 4) is 0 Å². The first kappa shape index (κ1) is 11.7. The molecule has 0 rings (SSSR count). The van der Waals surface area contributed by atoms with E-state index in [-0.39, 0.29) is 0 Å². The summed E-state index contributed by atoms with van der Waals surface area (Å²) in [5.74, 6) is 2.46. The molecule has 0 spiro atoms. The lowest BCUT2D eigenvalue weighted by atomic mass is 9.81. The molecule has 0 heterocycles. The zero-order chi connectivity index (χ0) is 9.72. The molecule has 0 amide bonds. The van der Waals surface area contributed by atoms with Gasteiger partial charge in [-0.3, -0.25) is 0 Å². The van der Waals surface area contributed by atoms with Crippen LogP contribution in [-0.4, -0.2) is 0 Å². The lowest BCUT2D eigenvalue weighted by Gasteiger charge is -2.25. The molecule has 0 saturated carbocycles. The van der Waals surface area contributed by atoms with E-state index in [0.717, 1.165) is 17.8 Å². The highest BCUT2D eigenvalue weighted by Gasteiger charge is 2.17. The number of hydrogen-bond donors (Lipinski definition) is 0. The van der Waals surface area contributed by atoms with Gasteiger partial charge in [-0.1, -0.05) is 39.7 Å². The molecule has 0 aliphatic carbocycles. The normalized spacial score (nSPS) is 18.4. The van der Waals surface area contributed by atoms with Crippen molar-refractivity contribution in [2.45, 2.75) is 47.5 Å². The van der Waals surface area contributed by atoms with Gasteiger partial charge in [-0.15, -0.1) is 6.58 Å². The van der Waals surface area contributed by atoms with E-state index in [4.69, 9.17) is 0 Å². The second kappa shape index (κ2) is 5.40. The molecule has 12 heavy (non-hydrogen) atoms. The third-order valence-corrected chi connectivity index (χ3v) is 3.11. The Morgan fingerprint density at radius 2 is 1.67 bits per heavy atom. The van der Waals surface area contributed by atoms with Crippen LogP contribution >= 0.6 is 0 Å². The maximum atomic E-state index is 3.96. The van der Waals surface area contributed by atoms with E-state index in [0.29, 0.717) is 0 Å². The first-order valence-electron chi connectivity index (χ1n) is 5.13. The van der Waals surface area contributed by atoms with Crippen LogP contribution in [0.4, 0.5) is 0 Å². The molecule has 0 N–H and O–H groups in total. The largest absolute Gasteiger partial charge is 0.100 e. The lowest BCUT2D eigenvalue weighted by molar-refractivity contribution is 0.271. The minimum Gasteiger partial charge on any atom is -0.100 e. The Morgan fingerprint density at radius 1 is 1.17 bits per heavy atom. The van der Waals surface area contributed by atoms with Gasteiger partial charge < -0.3 is 0 Å². The molecule has 0 aliphatic heterocycles. The molecule has 3 atom stereocenters. The standard InChI is InChI=1S/C12H24/c1-7-10(4)12(6)11(5)8-9(2)3/h10-12H,2,7-8H2,1,3-6H3/t10-,11+,12-/m0/s1. The van der Waals surface area contributed by atoms with Crippen molar-refractivity contribution in [1.29, 1.82) is 0 Å². The summed E-state index contributed by atoms with van der Waals surface area (Å²) in [5.41, 5.74) is 1.32. The Hall–Kier alpha value is -0.260. The predicted octanol–water partition coefficient (Wildman–Crippen LogP) is 4.27. The van der Waals surface area contributed by atoms with Crippen molar-refractivity contribution in [1.82, 2.24) is 0 Å². The first-order chi connectivity index (χ1) is 5.49. The molecule has 0 aliphatic rings. The molecule has 0 aromatic carbocycles. The molecular weight excluding hydrogens is 144 g/mol. The Labute approximate surface area is 78.1 Å². The second-order valence-electron chi connectivity index (χ2n) is 4.38. The van der Waals surface area contributed by atoms with Crippen LogP contribution in [0.15, 0.2) is 12.2 Å². The Morgan fingerprint density at radius 3 is 2.00 bits per heavy atom. The van der Waals surface area contributed by atoms with Crippen LogP contribution in [0.5, 0.6) is 0 Å². The fourth-order valence-corrected chi connectivity index (χ4v) is 1.67. The molecule has 0 aromatic heterocycles. The van der Waals surface area contributed by atoms with Gasteiger partial charge in [0.2, 0.25) is 0 Å². The van der Waals surface area contributed by atoms with Crippen molar-refractivity contribution in [2.75, 3.05) is 0 Å². The van der Waals surface area contributed by atoms with E-state index in [9.17, 15) is 0 Å². The van der Waals surface area contributed by atoms with Gasteiger partial charge in [0.25, 0.3) is 0 Å². The molecule has 0 radical (unpaired) electrons. The molecule has 0 heteroatoms. The van der Waals surface area contributed by atoms with Gasteiger partial charge in [-0.25, -0.2) is 0 Å². The second-order valence-corrected chi connectivity index (χ2v) is 4.38. The summed E-state index contributed by atoms with van der Waals surface area (Å²) in [6, 6.07) is 0. The number of rotatable bonds is 5. The Balaban J connectivity index is 3.91. The number of hydrogen-bond acceptors (Lipinski definition) is 0. The zero-order valence-electron chi connectivity index (χ0n) is 9.35. The average Bonchev–Trinajstić information content (AvgIpc) is 2.00. The highest BCUT2D eigenvalue weighted by Crippen LogP contribution is 2.26. The molecular formula is C12H24. The van der Waals surface area contributed by atoms with E-state index in [2.05, 4.69) is 41.2 Å². The summed E-state index contributed by atoms with van der Waals surface area (Å²) < 4.78 is 0. The van der Waals surface area contributed by atoms with Gasteiger partial charge >= 0.3 is 0 Å². The summed E-state index contributed by atoms with van der Waals surface area (Å²) in [6.07, 6.45) is 2.48. The van der Waals surface area contributed by atoms with Gasteiger partial charge in [0.1, 0.15) is 0 Å². The first-order valence-corrected chi connectivity index (χ1v) is 5.13. The third kappa shape index (κ3) is 3.94. The Bertz CT molecular complexity index is 135. The van der Waals surface area contributed by atoms with Crippen LogP contribution in [0.25, 0.3) is 0 Å². The van der Waals surface area contributed by atoms with Crippen LogP contribution in [0, 0.1) is 17.8 Å². The SMILES string of the molecule is C=C(C)C[C@@H](C)[C@@H](C)[C@@H](C)CC. The topological polar surface area (TPSA) is 0 Å². The molecule has 0 aromatic rings. The van der Waals surface area contributed by atoms with Gasteiger partial charge in [0, 0.05) is 0 Å². The highest BCUT2D eigenvalue weighted by molar-refractivity contribution is 4.90. The fraction of sp³-hybridized carbons (Fsp3) is 0.833. The molecule has 0 fully saturated rings. The minimum absolute atomic E-state index is 0.789. The van der Waals surface area contributed by atoms with Crippen LogP contribution < -0.4 is 0 Å². The summed E-state index contributed by atoms with van der Waals surface area (Å²) in [7, 11) is 0. The molecule has 0 unspecified atom stereocenters. The average molecular weight is 168 g/mol. The summed E-state index contributed by atoms with van der Waals surface area (Å²) in [6.45, 7) is 15.4. The molecule has 72 valence electrons. The maximum Gasteiger partial charge on any atom is -0.0297 e. The van der Waals surface area contributed by atoms with Crippen LogP contribution in [-0.2, 0) is 0 Å². The van der Waals surface area contributed by atoms with Crippen molar-refractivity contribution >= 4 is 0 Å². The Kier molecular flexibility index (Phi) is 5.28. The van der Waals surface area contributed by atoms with Crippen LogP contribution in [0.1, 0.15) is 47.5 Å². The van der Waals surface area contributed by atoms with E-state index in [1.54, 1.807) is 0 Å². The van der Waals surface area contributed by atoms with Gasteiger partial charge in [-0.05, 0) is 31.1 Å². The zero-order valence-corrected chi connectivity index (χ0v) is 9.35. The monoisotopic (exact) mass is 168 g/mol. The lowest BCUT2D eigenvalue weighted by Crippen LogP contribution is -2.16. The van der Waals surface area contributed by atoms with Crippen molar-refractivity contribution in [3.63, 3.8) is 0 Å². The molecule has 0 saturated heterocycles. The van der Waals surface area contributed by atoms with Gasteiger partial charge in [0.05, 0.1) is 0 Å². The van der Waals surface area contributed by atoms with E-state index in [1.165, 1.54) is 18.4 Å². The summed E-state index contributed by atoms with van der Waals surface area (Å²) >= 11 is 0. The van der Waals surface area contributed by atoms with E-state index in [1.807, 2.05) is 0 Å². The van der Waals surface area contributed by atoms with Crippen molar-refractivity contribution in [2.24, 2.45) is 17.8 Å². The van der Waals surface area contributed by atoms with Crippen LogP contribution in [0.3, 0.4) is 0 Å². The van der Waals surface area contributed by atoms with E-state index < -0.39 is 0 Å². The maximum absolute atomic E-state index is 3.96. The van der Waals surface area contributed by atoms with Crippen molar-refractivity contribution < 1.29 is 0 Å². The molecule has 0 bridgehead atoms. The summed E-state index contributed by atoms with van der Waals surface area (Å²) in [5, 5.41) is 0. The minimum atomic E-state index is 0.789. The van der Waals surface area contributed by atoms with Gasteiger partial charge in [0.15, 0.2) is 0 Å². The van der Waals surface area contributed by atoms with Gasteiger partial charge in [-0.2, -0.15) is 0 Å². The van der Waals surface area contributed by atoms with Crippen molar-refractivity contribution in [3.05, 3.63) is 12.2 Å². The number of allylic oxidation sites excluding steroid dienone is 1. The summed E-state index contributed by atoms with van der Waals surface area (Å²) in [4.78, 5) is 0. The van der Waals surface area contributed by atoms with E-state index >= 15 is 0 Å². The third-order valence-electron chi connectivity index (χ3n) is 3.11. The quantitative estimate of drug-likeness (QED) is 0.538.